The molecule has 0 atom stereocenters. The summed E-state index contributed by atoms with van der Waals surface area (Å²) in [6, 6.07) is 14.9. The molecular weight excluding hydrogens is 364 g/mol. The summed E-state index contributed by atoms with van der Waals surface area (Å²) in [6.45, 7) is 3.09. The molecule has 3 heterocycles. The van der Waals surface area contributed by atoms with Gasteiger partial charge < -0.3 is 5.73 Å². The van der Waals surface area contributed by atoms with Crippen molar-refractivity contribution in [2.75, 3.05) is 18.4 Å². The molecule has 7 nitrogen and oxygen atoms in total. The number of aromatic nitrogens is 3. The van der Waals surface area contributed by atoms with Crippen molar-refractivity contribution in [3.8, 4) is 11.3 Å². The standard InChI is InChI=1S/C22H26N6O/c23-18-10-12-27(13-11-18)14-15-4-6-16(7-5-15)19-2-1-3-20-24-22(26-28(19)20)25-21(29)17-8-9-17/h1-7,17-18H,8-14,23H2,(H,25,26,29). The molecule has 1 amide bonds. The molecule has 3 N–H and O–H groups in total. The molecule has 0 bridgehead atoms. The Kier molecular flexibility index (Phi) is 4.77. The van der Waals surface area contributed by atoms with Gasteiger partial charge in [-0.3, -0.25) is 15.0 Å². The summed E-state index contributed by atoms with van der Waals surface area (Å²) < 4.78 is 1.80. The normalized spacial score (nSPS) is 18.2. The van der Waals surface area contributed by atoms with Gasteiger partial charge in [-0.1, -0.05) is 30.3 Å². The van der Waals surface area contributed by atoms with Crippen LogP contribution in [0.15, 0.2) is 42.5 Å². The first-order chi connectivity index (χ1) is 14.2. The van der Waals surface area contributed by atoms with E-state index in [0.29, 0.717) is 12.0 Å². The molecule has 150 valence electrons. The van der Waals surface area contributed by atoms with E-state index in [1.54, 1.807) is 4.52 Å². The number of likely N-dealkylation sites (tertiary alicyclic amines) is 1. The molecule has 1 saturated carbocycles. The number of rotatable bonds is 5. The molecular formula is C22H26N6O. The SMILES string of the molecule is NC1CCN(Cc2ccc(-c3cccc4nc(NC(=O)C5CC5)nn34)cc2)CC1. The van der Waals surface area contributed by atoms with Crippen LogP contribution in [0.4, 0.5) is 5.95 Å². The minimum absolute atomic E-state index is 0.0190. The zero-order chi connectivity index (χ0) is 19.8. The first-order valence-electron chi connectivity index (χ1n) is 10.4. The average molecular weight is 390 g/mol. The Labute approximate surface area is 169 Å². The molecule has 1 aliphatic carbocycles. The van der Waals surface area contributed by atoms with Crippen molar-refractivity contribution >= 4 is 17.5 Å². The highest BCUT2D eigenvalue weighted by Gasteiger charge is 2.30. The number of carbonyl (C=O) groups is 1. The maximum Gasteiger partial charge on any atom is 0.249 e. The van der Waals surface area contributed by atoms with Crippen LogP contribution in [0, 0.1) is 5.92 Å². The van der Waals surface area contributed by atoms with Crippen molar-refractivity contribution in [1.29, 1.82) is 0 Å². The number of benzene rings is 1. The first-order valence-corrected chi connectivity index (χ1v) is 10.4. The van der Waals surface area contributed by atoms with E-state index >= 15 is 0 Å². The third-order valence-corrected chi connectivity index (χ3v) is 5.83. The van der Waals surface area contributed by atoms with E-state index in [2.05, 4.69) is 44.6 Å². The third kappa shape index (κ3) is 4.02. The van der Waals surface area contributed by atoms with Crippen LogP contribution in [0.2, 0.25) is 0 Å². The molecule has 2 aliphatic rings. The molecule has 0 unspecified atom stereocenters. The fourth-order valence-corrected chi connectivity index (χ4v) is 3.88. The van der Waals surface area contributed by atoms with E-state index in [-0.39, 0.29) is 11.8 Å². The number of fused-ring (bicyclic) bond motifs is 1. The first kappa shape index (κ1) is 18.3. The quantitative estimate of drug-likeness (QED) is 0.699. The van der Waals surface area contributed by atoms with Crippen LogP contribution >= 0.6 is 0 Å². The Morgan fingerprint density at radius 1 is 1.07 bits per heavy atom. The Morgan fingerprint density at radius 2 is 1.83 bits per heavy atom. The van der Waals surface area contributed by atoms with Crippen LogP contribution in [0.3, 0.4) is 0 Å². The molecule has 29 heavy (non-hydrogen) atoms. The van der Waals surface area contributed by atoms with Crippen LogP contribution in [-0.4, -0.2) is 44.5 Å². The highest BCUT2D eigenvalue weighted by molar-refractivity contribution is 5.92. The van der Waals surface area contributed by atoms with Crippen molar-refractivity contribution in [2.45, 2.75) is 38.3 Å². The number of amides is 1. The third-order valence-electron chi connectivity index (χ3n) is 5.83. The predicted molar refractivity (Wildman–Crippen MR) is 112 cm³/mol. The Bertz CT molecular complexity index is 1020. The number of nitrogens with one attached hydrogen (secondary N) is 1. The van der Waals surface area contributed by atoms with Crippen LogP contribution in [0.1, 0.15) is 31.2 Å². The van der Waals surface area contributed by atoms with Crippen LogP contribution in [-0.2, 0) is 11.3 Å². The van der Waals surface area contributed by atoms with Crippen molar-refractivity contribution in [3.05, 3.63) is 48.0 Å². The summed E-state index contributed by atoms with van der Waals surface area (Å²) >= 11 is 0. The van der Waals surface area contributed by atoms with E-state index in [9.17, 15) is 4.79 Å². The van der Waals surface area contributed by atoms with Gasteiger partial charge in [0.25, 0.3) is 0 Å². The van der Waals surface area contributed by atoms with Crippen molar-refractivity contribution in [3.63, 3.8) is 0 Å². The van der Waals surface area contributed by atoms with E-state index in [0.717, 1.165) is 62.2 Å². The molecule has 0 radical (unpaired) electrons. The summed E-state index contributed by atoms with van der Waals surface area (Å²) in [5.74, 6) is 0.518. The summed E-state index contributed by atoms with van der Waals surface area (Å²) in [4.78, 5) is 18.9. The number of piperidine rings is 1. The summed E-state index contributed by atoms with van der Waals surface area (Å²) in [5, 5.41) is 7.35. The van der Waals surface area contributed by atoms with Crippen LogP contribution < -0.4 is 11.1 Å². The van der Waals surface area contributed by atoms with Crippen LogP contribution in [0.25, 0.3) is 16.9 Å². The van der Waals surface area contributed by atoms with Crippen molar-refractivity contribution < 1.29 is 4.79 Å². The Morgan fingerprint density at radius 3 is 2.55 bits per heavy atom. The summed E-state index contributed by atoms with van der Waals surface area (Å²) in [7, 11) is 0. The number of hydrogen-bond donors (Lipinski definition) is 2. The summed E-state index contributed by atoms with van der Waals surface area (Å²) in [6.07, 6.45) is 4.07. The minimum Gasteiger partial charge on any atom is -0.328 e. The fraction of sp³-hybridized carbons (Fsp3) is 0.409. The van der Waals surface area contributed by atoms with Gasteiger partial charge >= 0.3 is 0 Å². The molecule has 2 aromatic heterocycles. The number of carbonyl (C=O) groups excluding carboxylic acids is 1. The monoisotopic (exact) mass is 390 g/mol. The van der Waals surface area contributed by atoms with E-state index in [1.165, 1.54) is 5.56 Å². The van der Waals surface area contributed by atoms with Crippen molar-refractivity contribution in [1.82, 2.24) is 19.5 Å². The van der Waals surface area contributed by atoms with E-state index in [1.807, 2.05) is 18.2 Å². The maximum absolute atomic E-state index is 12.0. The fourth-order valence-electron chi connectivity index (χ4n) is 3.88. The van der Waals surface area contributed by atoms with Gasteiger partial charge in [0.1, 0.15) is 0 Å². The molecule has 5 rings (SSSR count). The number of nitrogens with zero attached hydrogens (tertiary/aromatic N) is 4. The van der Waals surface area contributed by atoms with Gasteiger partial charge in [0.15, 0.2) is 5.65 Å². The zero-order valence-electron chi connectivity index (χ0n) is 16.4. The topological polar surface area (TPSA) is 88.5 Å². The Hall–Kier alpha value is -2.77. The molecule has 0 spiro atoms. The van der Waals surface area contributed by atoms with Crippen LogP contribution in [0.5, 0.6) is 0 Å². The van der Waals surface area contributed by atoms with Gasteiger partial charge in [0, 0.05) is 24.1 Å². The number of anilines is 1. The second-order valence-electron chi connectivity index (χ2n) is 8.19. The van der Waals surface area contributed by atoms with Gasteiger partial charge in [-0.15, -0.1) is 5.10 Å². The molecule has 7 heteroatoms. The lowest BCUT2D eigenvalue weighted by molar-refractivity contribution is -0.117. The number of pyridine rings is 1. The summed E-state index contributed by atoms with van der Waals surface area (Å²) in [5.41, 5.74) is 10.1. The van der Waals surface area contributed by atoms with Gasteiger partial charge in [0.05, 0.1) is 5.69 Å². The number of nitrogens with two attached hydrogens (primary N) is 1. The predicted octanol–water partition coefficient (Wildman–Crippen LogP) is 2.67. The second-order valence-corrected chi connectivity index (χ2v) is 8.19. The Balaban J connectivity index is 1.34. The molecule has 1 aliphatic heterocycles. The molecule has 1 saturated heterocycles. The largest absolute Gasteiger partial charge is 0.328 e. The van der Waals surface area contributed by atoms with Gasteiger partial charge in [-0.05, 0) is 56.5 Å². The number of hydrogen-bond acceptors (Lipinski definition) is 5. The average Bonchev–Trinajstić information content (AvgIpc) is 3.50. The molecule has 1 aromatic carbocycles. The van der Waals surface area contributed by atoms with E-state index < -0.39 is 0 Å². The van der Waals surface area contributed by atoms with Gasteiger partial charge in [0.2, 0.25) is 11.9 Å². The molecule has 2 fully saturated rings. The van der Waals surface area contributed by atoms with Crippen molar-refractivity contribution in [2.24, 2.45) is 11.7 Å². The van der Waals surface area contributed by atoms with Gasteiger partial charge in [-0.2, -0.15) is 4.98 Å². The lowest BCUT2D eigenvalue weighted by atomic mass is 10.0. The smallest absolute Gasteiger partial charge is 0.249 e. The zero-order valence-corrected chi connectivity index (χ0v) is 16.4. The van der Waals surface area contributed by atoms with E-state index in [4.69, 9.17) is 5.73 Å². The molecule has 3 aromatic rings. The second kappa shape index (κ2) is 7.57. The lowest BCUT2D eigenvalue weighted by Crippen LogP contribution is -2.39. The lowest BCUT2D eigenvalue weighted by Gasteiger charge is -2.30. The highest BCUT2D eigenvalue weighted by Crippen LogP contribution is 2.30. The maximum atomic E-state index is 12.0. The highest BCUT2D eigenvalue weighted by atomic mass is 16.2. The van der Waals surface area contributed by atoms with Gasteiger partial charge in [-0.25, -0.2) is 4.52 Å². The minimum atomic E-state index is 0.0190.